The molecule has 2 rings (SSSR count). The van der Waals surface area contributed by atoms with E-state index in [2.05, 4.69) is 0 Å². The van der Waals surface area contributed by atoms with Crippen LogP contribution in [0, 0.1) is 0 Å². The zero-order valence-corrected chi connectivity index (χ0v) is 12.4. The van der Waals surface area contributed by atoms with Crippen molar-refractivity contribution < 1.29 is 19.4 Å². The van der Waals surface area contributed by atoms with Gasteiger partial charge in [-0.05, 0) is 42.7 Å². The van der Waals surface area contributed by atoms with Crippen LogP contribution in [0.25, 0.3) is 0 Å². The van der Waals surface area contributed by atoms with Crippen LogP contribution < -0.4 is 9.47 Å². The second kappa shape index (κ2) is 8.72. The minimum absolute atomic E-state index is 0.0388. The second-order valence-electron chi connectivity index (χ2n) is 4.93. The molecule has 0 heterocycles. The fourth-order valence-corrected chi connectivity index (χ4v) is 1.98. The highest BCUT2D eigenvalue weighted by atomic mass is 16.5. The lowest BCUT2D eigenvalue weighted by molar-refractivity contribution is -0.136. The first kappa shape index (κ1) is 15.9. The molecule has 0 saturated heterocycles. The number of para-hydroxylation sites is 1. The number of benzene rings is 2. The molecule has 22 heavy (non-hydrogen) atoms. The van der Waals surface area contributed by atoms with Crippen molar-refractivity contribution in [1.29, 1.82) is 0 Å². The Kier molecular flexibility index (Phi) is 6.30. The molecule has 0 aliphatic heterocycles. The Morgan fingerprint density at radius 3 is 1.91 bits per heavy atom. The maximum Gasteiger partial charge on any atom is 0.307 e. The number of carboxylic acid groups (broad SMARTS) is 1. The van der Waals surface area contributed by atoms with Crippen molar-refractivity contribution >= 4 is 5.97 Å². The van der Waals surface area contributed by atoms with Crippen LogP contribution in [-0.2, 0) is 11.2 Å². The molecule has 0 aliphatic rings. The predicted octanol–water partition coefficient (Wildman–Crippen LogP) is 3.55. The van der Waals surface area contributed by atoms with E-state index in [9.17, 15) is 4.79 Å². The molecule has 0 bridgehead atoms. The summed E-state index contributed by atoms with van der Waals surface area (Å²) in [5, 5.41) is 8.70. The van der Waals surface area contributed by atoms with Gasteiger partial charge in [-0.25, -0.2) is 0 Å². The summed E-state index contributed by atoms with van der Waals surface area (Å²) in [5.74, 6) is 0.822. The quantitative estimate of drug-likeness (QED) is 0.720. The number of hydrogen-bond acceptors (Lipinski definition) is 3. The third-order valence-electron chi connectivity index (χ3n) is 3.10. The van der Waals surface area contributed by atoms with Crippen molar-refractivity contribution in [2.45, 2.75) is 19.3 Å². The number of rotatable bonds is 9. The molecule has 0 atom stereocenters. The Hall–Kier alpha value is -2.49. The lowest BCUT2D eigenvalue weighted by Crippen LogP contribution is -2.03. The van der Waals surface area contributed by atoms with Gasteiger partial charge in [0, 0.05) is 0 Å². The normalized spacial score (nSPS) is 10.2. The standard InChI is InChI=1S/C18H20O4/c19-18(20)14-15-8-10-17(11-9-15)22-13-5-4-12-21-16-6-2-1-3-7-16/h1-3,6-11H,4-5,12-14H2,(H,19,20). The van der Waals surface area contributed by atoms with E-state index >= 15 is 0 Å². The Balaban J connectivity index is 1.59. The molecule has 0 unspecified atom stereocenters. The summed E-state index contributed by atoms with van der Waals surface area (Å²) in [6.45, 7) is 1.29. The predicted molar refractivity (Wildman–Crippen MR) is 84.4 cm³/mol. The van der Waals surface area contributed by atoms with Crippen molar-refractivity contribution in [3.63, 3.8) is 0 Å². The molecule has 0 radical (unpaired) electrons. The van der Waals surface area contributed by atoms with E-state index in [4.69, 9.17) is 14.6 Å². The minimum Gasteiger partial charge on any atom is -0.494 e. The molecule has 2 aromatic rings. The number of unbranched alkanes of at least 4 members (excludes halogenated alkanes) is 1. The number of carbonyl (C=O) groups is 1. The minimum atomic E-state index is -0.827. The highest BCUT2D eigenvalue weighted by molar-refractivity contribution is 5.70. The van der Waals surface area contributed by atoms with Gasteiger partial charge in [-0.1, -0.05) is 30.3 Å². The van der Waals surface area contributed by atoms with E-state index in [-0.39, 0.29) is 6.42 Å². The summed E-state index contributed by atoms with van der Waals surface area (Å²) in [5.41, 5.74) is 0.774. The summed E-state index contributed by atoms with van der Waals surface area (Å²) in [7, 11) is 0. The van der Waals surface area contributed by atoms with Crippen molar-refractivity contribution in [2.75, 3.05) is 13.2 Å². The smallest absolute Gasteiger partial charge is 0.307 e. The molecule has 4 heteroatoms. The molecule has 0 saturated carbocycles. The van der Waals surface area contributed by atoms with Crippen LogP contribution in [0.3, 0.4) is 0 Å². The third-order valence-corrected chi connectivity index (χ3v) is 3.10. The summed E-state index contributed by atoms with van der Waals surface area (Å²) < 4.78 is 11.2. The lowest BCUT2D eigenvalue weighted by Gasteiger charge is -2.08. The second-order valence-corrected chi connectivity index (χ2v) is 4.93. The summed E-state index contributed by atoms with van der Waals surface area (Å²) in [4.78, 5) is 10.6. The number of aliphatic carboxylic acids is 1. The van der Waals surface area contributed by atoms with Gasteiger partial charge >= 0.3 is 5.97 Å². The van der Waals surface area contributed by atoms with E-state index in [0.717, 1.165) is 29.9 Å². The average molecular weight is 300 g/mol. The summed E-state index contributed by atoms with van der Waals surface area (Å²) >= 11 is 0. The number of hydrogen-bond donors (Lipinski definition) is 1. The van der Waals surface area contributed by atoms with Gasteiger partial charge in [0.1, 0.15) is 11.5 Å². The van der Waals surface area contributed by atoms with E-state index in [1.165, 1.54) is 0 Å². The van der Waals surface area contributed by atoms with E-state index in [1.807, 2.05) is 30.3 Å². The highest BCUT2D eigenvalue weighted by Crippen LogP contribution is 2.13. The van der Waals surface area contributed by atoms with E-state index < -0.39 is 5.97 Å². The van der Waals surface area contributed by atoms with Gasteiger partial charge in [0.25, 0.3) is 0 Å². The molecule has 0 spiro atoms. The maximum atomic E-state index is 10.6. The number of carboxylic acids is 1. The van der Waals surface area contributed by atoms with Gasteiger partial charge in [0.05, 0.1) is 19.6 Å². The Bertz CT molecular complexity index is 563. The molecule has 1 N–H and O–H groups in total. The summed E-state index contributed by atoms with van der Waals surface area (Å²) in [6.07, 6.45) is 1.87. The molecule has 4 nitrogen and oxygen atoms in total. The first-order valence-electron chi connectivity index (χ1n) is 7.35. The zero-order valence-electron chi connectivity index (χ0n) is 12.4. The van der Waals surface area contributed by atoms with Gasteiger partial charge in [-0.3, -0.25) is 4.79 Å². The van der Waals surface area contributed by atoms with Gasteiger partial charge < -0.3 is 14.6 Å². The van der Waals surface area contributed by atoms with Crippen LogP contribution in [-0.4, -0.2) is 24.3 Å². The first-order valence-corrected chi connectivity index (χ1v) is 7.35. The molecular formula is C18H20O4. The van der Waals surface area contributed by atoms with Crippen molar-refractivity contribution in [1.82, 2.24) is 0 Å². The molecule has 0 aromatic heterocycles. The van der Waals surface area contributed by atoms with Gasteiger partial charge in [-0.15, -0.1) is 0 Å². The Morgan fingerprint density at radius 2 is 1.36 bits per heavy atom. The molecular weight excluding hydrogens is 280 g/mol. The van der Waals surface area contributed by atoms with Crippen LogP contribution in [0.4, 0.5) is 0 Å². The molecule has 116 valence electrons. The lowest BCUT2D eigenvalue weighted by atomic mass is 10.1. The molecule has 0 fully saturated rings. The largest absolute Gasteiger partial charge is 0.494 e. The maximum absolute atomic E-state index is 10.6. The monoisotopic (exact) mass is 300 g/mol. The van der Waals surface area contributed by atoms with Crippen LogP contribution in [0.5, 0.6) is 11.5 Å². The van der Waals surface area contributed by atoms with E-state index in [1.54, 1.807) is 24.3 Å². The van der Waals surface area contributed by atoms with Crippen molar-refractivity contribution in [3.8, 4) is 11.5 Å². The third kappa shape index (κ3) is 5.87. The van der Waals surface area contributed by atoms with Gasteiger partial charge in [0.2, 0.25) is 0 Å². The SMILES string of the molecule is O=C(O)Cc1ccc(OCCCCOc2ccccc2)cc1. The zero-order chi connectivity index (χ0) is 15.6. The fourth-order valence-electron chi connectivity index (χ4n) is 1.98. The fraction of sp³-hybridized carbons (Fsp3) is 0.278. The topological polar surface area (TPSA) is 55.8 Å². The van der Waals surface area contributed by atoms with Crippen LogP contribution in [0.2, 0.25) is 0 Å². The van der Waals surface area contributed by atoms with Crippen LogP contribution in [0.1, 0.15) is 18.4 Å². The van der Waals surface area contributed by atoms with E-state index in [0.29, 0.717) is 13.2 Å². The molecule has 2 aromatic carbocycles. The average Bonchev–Trinajstić information content (AvgIpc) is 2.53. The first-order chi connectivity index (χ1) is 10.7. The van der Waals surface area contributed by atoms with Crippen molar-refractivity contribution in [3.05, 3.63) is 60.2 Å². The van der Waals surface area contributed by atoms with Crippen LogP contribution in [0.15, 0.2) is 54.6 Å². The Morgan fingerprint density at radius 1 is 0.818 bits per heavy atom. The summed E-state index contributed by atoms with van der Waals surface area (Å²) in [6, 6.07) is 16.9. The number of ether oxygens (including phenoxy) is 2. The highest BCUT2D eigenvalue weighted by Gasteiger charge is 2.00. The molecule has 0 aliphatic carbocycles. The molecule has 0 amide bonds. The van der Waals surface area contributed by atoms with Gasteiger partial charge in [-0.2, -0.15) is 0 Å². The van der Waals surface area contributed by atoms with Crippen LogP contribution >= 0.6 is 0 Å². The van der Waals surface area contributed by atoms with Crippen molar-refractivity contribution in [2.24, 2.45) is 0 Å². The Labute approximate surface area is 130 Å². The van der Waals surface area contributed by atoms with Gasteiger partial charge in [0.15, 0.2) is 0 Å².